The van der Waals surface area contributed by atoms with Crippen LogP contribution in [0, 0.1) is 0 Å². The van der Waals surface area contributed by atoms with Crippen LogP contribution in [0.2, 0.25) is 0 Å². The van der Waals surface area contributed by atoms with E-state index >= 15 is 0 Å². The molecular weight excluding hydrogens is 522 g/mol. The Morgan fingerprint density at radius 2 is 1.50 bits per heavy atom. The molecule has 1 heterocycles. The summed E-state index contributed by atoms with van der Waals surface area (Å²) in [6.07, 6.45) is 3.59. The standard InChI is InChI=1S/C26H37N7O7/c27-11-5-4-8-19(24(37)32-20(26(39)40)9-10-22(34)35)31-25(38)21(12-16-6-2-1-3-7-16)33-23(36)18(28)13-17-14-29-15-30-17/h1-3,6-7,14-15,18-21H,4-5,8-13,27-28H2,(H,29,30)(H,31,38)(H,32,37)(H,33,36)(H,34,35)(H,39,40). The SMILES string of the molecule is NCCCCC(NC(=O)C(Cc1ccccc1)NC(=O)C(N)Cc1cnc[nH]1)C(=O)NC(CCC(=O)O)C(=O)O. The predicted molar refractivity (Wildman–Crippen MR) is 144 cm³/mol. The first kappa shape index (κ1) is 31.9. The monoisotopic (exact) mass is 559 g/mol. The van der Waals surface area contributed by atoms with E-state index in [2.05, 4.69) is 25.9 Å². The van der Waals surface area contributed by atoms with Crippen molar-refractivity contribution in [1.82, 2.24) is 25.9 Å². The van der Waals surface area contributed by atoms with E-state index in [1.165, 1.54) is 12.5 Å². The number of aromatic amines is 1. The third-order valence-electron chi connectivity index (χ3n) is 6.09. The summed E-state index contributed by atoms with van der Waals surface area (Å²) in [5, 5.41) is 25.9. The first-order valence-corrected chi connectivity index (χ1v) is 12.9. The normalized spacial score (nSPS) is 13.8. The Bertz CT molecular complexity index is 1110. The van der Waals surface area contributed by atoms with Crippen molar-refractivity contribution in [2.45, 2.75) is 69.1 Å². The van der Waals surface area contributed by atoms with Crippen LogP contribution in [-0.4, -0.2) is 80.6 Å². The zero-order chi connectivity index (χ0) is 29.5. The maximum absolute atomic E-state index is 13.4. The Kier molecular flexibility index (Phi) is 13.3. The number of hydrogen-bond donors (Lipinski definition) is 8. The number of nitrogens with zero attached hydrogens (tertiary/aromatic N) is 1. The molecule has 1 aromatic carbocycles. The second-order valence-corrected chi connectivity index (χ2v) is 9.32. The van der Waals surface area contributed by atoms with Gasteiger partial charge in [0.2, 0.25) is 17.7 Å². The number of amides is 3. The van der Waals surface area contributed by atoms with Crippen LogP contribution in [0.3, 0.4) is 0 Å². The molecule has 0 radical (unpaired) electrons. The van der Waals surface area contributed by atoms with Gasteiger partial charge in [-0.05, 0) is 37.8 Å². The Hall–Kier alpha value is -4.30. The minimum Gasteiger partial charge on any atom is -0.481 e. The molecule has 0 aliphatic rings. The molecule has 40 heavy (non-hydrogen) atoms. The van der Waals surface area contributed by atoms with E-state index in [1.807, 2.05) is 0 Å². The van der Waals surface area contributed by atoms with E-state index in [4.69, 9.17) is 16.6 Å². The molecular formula is C26H37N7O7. The highest BCUT2D eigenvalue weighted by molar-refractivity contribution is 5.94. The number of benzene rings is 1. The first-order chi connectivity index (χ1) is 19.1. The van der Waals surface area contributed by atoms with Gasteiger partial charge in [-0.15, -0.1) is 0 Å². The number of unbranched alkanes of at least 4 members (excludes halogenated alkanes) is 1. The van der Waals surface area contributed by atoms with Crippen LogP contribution in [0.25, 0.3) is 0 Å². The molecule has 3 amide bonds. The summed E-state index contributed by atoms with van der Waals surface area (Å²) in [6, 6.07) is 4.22. The Morgan fingerprint density at radius 1 is 0.850 bits per heavy atom. The number of H-pyrrole nitrogens is 1. The number of imidazole rings is 1. The summed E-state index contributed by atoms with van der Waals surface area (Å²) < 4.78 is 0. The van der Waals surface area contributed by atoms with E-state index in [1.54, 1.807) is 30.3 Å². The van der Waals surface area contributed by atoms with Gasteiger partial charge in [0.1, 0.15) is 18.1 Å². The highest BCUT2D eigenvalue weighted by atomic mass is 16.4. The van der Waals surface area contributed by atoms with E-state index in [0.29, 0.717) is 25.1 Å². The fourth-order valence-corrected chi connectivity index (χ4v) is 3.90. The Labute approximate surface area is 231 Å². The molecule has 14 nitrogen and oxygen atoms in total. The Morgan fingerprint density at radius 3 is 2.10 bits per heavy atom. The van der Waals surface area contributed by atoms with Crippen molar-refractivity contribution in [2.75, 3.05) is 6.54 Å². The summed E-state index contributed by atoms with van der Waals surface area (Å²) in [4.78, 5) is 68.6. The number of rotatable bonds is 18. The van der Waals surface area contributed by atoms with Crippen molar-refractivity contribution in [3.63, 3.8) is 0 Å². The molecule has 10 N–H and O–H groups in total. The lowest BCUT2D eigenvalue weighted by molar-refractivity contribution is -0.143. The first-order valence-electron chi connectivity index (χ1n) is 12.9. The van der Waals surface area contributed by atoms with E-state index < -0.39 is 60.2 Å². The third kappa shape index (κ3) is 11.2. The molecule has 1 aromatic heterocycles. The number of nitrogens with one attached hydrogen (secondary N) is 4. The van der Waals surface area contributed by atoms with Gasteiger partial charge in [0.25, 0.3) is 0 Å². The van der Waals surface area contributed by atoms with Crippen LogP contribution in [-0.2, 0) is 36.8 Å². The van der Waals surface area contributed by atoms with Crippen molar-refractivity contribution in [3.8, 4) is 0 Å². The summed E-state index contributed by atoms with van der Waals surface area (Å²) in [6.45, 7) is 0.347. The van der Waals surface area contributed by atoms with E-state index in [9.17, 15) is 29.1 Å². The maximum atomic E-state index is 13.4. The van der Waals surface area contributed by atoms with E-state index in [-0.39, 0.29) is 25.7 Å². The number of nitrogens with two attached hydrogens (primary N) is 2. The summed E-state index contributed by atoms with van der Waals surface area (Å²) >= 11 is 0. The highest BCUT2D eigenvalue weighted by Crippen LogP contribution is 2.08. The largest absolute Gasteiger partial charge is 0.481 e. The van der Waals surface area contributed by atoms with Crippen molar-refractivity contribution in [1.29, 1.82) is 0 Å². The molecule has 0 bridgehead atoms. The molecule has 2 aromatic rings. The molecule has 4 unspecified atom stereocenters. The molecule has 4 atom stereocenters. The Balaban J connectivity index is 2.19. The minimum atomic E-state index is -1.46. The molecule has 0 spiro atoms. The molecule has 0 aliphatic heterocycles. The molecule has 2 rings (SSSR count). The molecule has 218 valence electrons. The zero-order valence-corrected chi connectivity index (χ0v) is 22.0. The van der Waals surface area contributed by atoms with Crippen LogP contribution in [0.5, 0.6) is 0 Å². The van der Waals surface area contributed by atoms with Gasteiger partial charge >= 0.3 is 11.9 Å². The lowest BCUT2D eigenvalue weighted by Gasteiger charge is -2.25. The van der Waals surface area contributed by atoms with Gasteiger partial charge in [-0.25, -0.2) is 9.78 Å². The van der Waals surface area contributed by atoms with Gasteiger partial charge in [-0.2, -0.15) is 0 Å². The van der Waals surface area contributed by atoms with Gasteiger partial charge in [0, 0.05) is 31.2 Å². The average molecular weight is 560 g/mol. The fourth-order valence-electron chi connectivity index (χ4n) is 3.90. The molecule has 0 fully saturated rings. The van der Waals surface area contributed by atoms with Crippen LogP contribution in [0.1, 0.15) is 43.4 Å². The van der Waals surface area contributed by atoms with E-state index in [0.717, 1.165) is 5.56 Å². The number of aliphatic carboxylic acids is 2. The summed E-state index contributed by atoms with van der Waals surface area (Å²) in [5.41, 5.74) is 13.0. The smallest absolute Gasteiger partial charge is 0.326 e. The minimum absolute atomic E-state index is 0.0999. The fraction of sp³-hybridized carbons (Fsp3) is 0.462. The van der Waals surface area contributed by atoms with Gasteiger partial charge in [-0.1, -0.05) is 30.3 Å². The van der Waals surface area contributed by atoms with Crippen LogP contribution in [0.4, 0.5) is 0 Å². The molecule has 0 saturated heterocycles. The molecule has 0 aliphatic carbocycles. The van der Waals surface area contributed by atoms with Gasteiger partial charge in [0.15, 0.2) is 0 Å². The van der Waals surface area contributed by atoms with Crippen LogP contribution < -0.4 is 27.4 Å². The summed E-state index contributed by atoms with van der Waals surface area (Å²) in [7, 11) is 0. The maximum Gasteiger partial charge on any atom is 0.326 e. The zero-order valence-electron chi connectivity index (χ0n) is 22.0. The molecule has 14 heteroatoms. The second-order valence-electron chi connectivity index (χ2n) is 9.32. The van der Waals surface area contributed by atoms with Crippen molar-refractivity contribution < 1.29 is 34.2 Å². The van der Waals surface area contributed by atoms with Crippen molar-refractivity contribution >= 4 is 29.7 Å². The van der Waals surface area contributed by atoms with Gasteiger partial charge in [-0.3, -0.25) is 19.2 Å². The van der Waals surface area contributed by atoms with Gasteiger partial charge in [0.05, 0.1) is 12.4 Å². The third-order valence-corrected chi connectivity index (χ3v) is 6.09. The second kappa shape index (κ2) is 16.6. The van der Waals surface area contributed by atoms with Crippen LogP contribution >= 0.6 is 0 Å². The highest BCUT2D eigenvalue weighted by Gasteiger charge is 2.30. The number of carboxylic acid groups (broad SMARTS) is 2. The molecule has 0 saturated carbocycles. The van der Waals surface area contributed by atoms with Crippen molar-refractivity contribution in [2.24, 2.45) is 11.5 Å². The van der Waals surface area contributed by atoms with Crippen LogP contribution in [0.15, 0.2) is 42.9 Å². The number of carbonyl (C=O) groups is 5. The topological polar surface area (TPSA) is 243 Å². The number of carbonyl (C=O) groups excluding carboxylic acids is 3. The number of carboxylic acids is 2. The lowest BCUT2D eigenvalue weighted by Crippen LogP contribution is -2.57. The number of hydrogen-bond acceptors (Lipinski definition) is 8. The number of aromatic nitrogens is 2. The quantitative estimate of drug-likeness (QED) is 0.104. The van der Waals surface area contributed by atoms with Gasteiger partial charge < -0.3 is 42.6 Å². The lowest BCUT2D eigenvalue weighted by atomic mass is 10.0. The predicted octanol–water partition coefficient (Wildman–Crippen LogP) is -0.945. The van der Waals surface area contributed by atoms with Crippen molar-refractivity contribution in [3.05, 3.63) is 54.1 Å². The summed E-state index contributed by atoms with van der Waals surface area (Å²) in [5.74, 6) is -4.66. The average Bonchev–Trinajstić information content (AvgIpc) is 3.43.